The standard InChI is InChI=1S/C13H13FINO3/c14-9-2-1-3-10(15)11(9)12(17)16-6-4-8(5-7-16)13(18)19/h1-3,8H,4-7H2,(H,18,19). The number of carboxylic acid groups (broad SMARTS) is 1. The highest BCUT2D eigenvalue weighted by atomic mass is 127. The molecule has 102 valence electrons. The van der Waals surface area contributed by atoms with Crippen LogP contribution in [0.15, 0.2) is 18.2 Å². The number of rotatable bonds is 2. The largest absolute Gasteiger partial charge is 0.481 e. The molecule has 0 aromatic heterocycles. The second-order valence-electron chi connectivity index (χ2n) is 4.50. The molecule has 2 rings (SSSR count). The molecule has 1 aromatic rings. The number of hydrogen-bond donors (Lipinski definition) is 1. The van der Waals surface area contributed by atoms with Gasteiger partial charge in [-0.05, 0) is 47.6 Å². The maximum atomic E-state index is 13.7. The molecule has 1 aromatic carbocycles. The summed E-state index contributed by atoms with van der Waals surface area (Å²) in [5.41, 5.74) is 0.0804. The third-order valence-corrected chi connectivity index (χ3v) is 4.21. The van der Waals surface area contributed by atoms with Crippen molar-refractivity contribution in [3.63, 3.8) is 0 Å². The van der Waals surface area contributed by atoms with E-state index >= 15 is 0 Å². The second-order valence-corrected chi connectivity index (χ2v) is 5.66. The van der Waals surface area contributed by atoms with Gasteiger partial charge in [-0.15, -0.1) is 0 Å². The number of carboxylic acids is 1. The third kappa shape index (κ3) is 3.05. The van der Waals surface area contributed by atoms with Gasteiger partial charge in [0, 0.05) is 16.7 Å². The monoisotopic (exact) mass is 377 g/mol. The third-order valence-electron chi connectivity index (χ3n) is 3.31. The number of aliphatic carboxylic acids is 1. The SMILES string of the molecule is O=C(O)C1CCN(C(=O)c2c(F)cccc2I)CC1. The summed E-state index contributed by atoms with van der Waals surface area (Å²) < 4.78 is 14.3. The van der Waals surface area contributed by atoms with Crippen molar-refractivity contribution in [2.45, 2.75) is 12.8 Å². The first-order chi connectivity index (χ1) is 9.00. The number of benzene rings is 1. The smallest absolute Gasteiger partial charge is 0.306 e. The summed E-state index contributed by atoms with van der Waals surface area (Å²) in [4.78, 5) is 24.6. The molecule has 0 radical (unpaired) electrons. The van der Waals surface area contributed by atoms with Crippen molar-refractivity contribution in [2.24, 2.45) is 5.92 Å². The van der Waals surface area contributed by atoms with Crippen LogP contribution in [0.2, 0.25) is 0 Å². The maximum absolute atomic E-state index is 13.7. The molecule has 0 bridgehead atoms. The predicted octanol–water partition coefficient (Wildman–Crippen LogP) is 2.37. The van der Waals surface area contributed by atoms with Crippen LogP contribution in [0, 0.1) is 15.3 Å². The van der Waals surface area contributed by atoms with E-state index in [4.69, 9.17) is 5.11 Å². The Kier molecular flexibility index (Phi) is 4.38. The zero-order valence-corrected chi connectivity index (χ0v) is 12.3. The molecule has 0 aliphatic carbocycles. The molecule has 1 saturated heterocycles. The van der Waals surface area contributed by atoms with Crippen molar-refractivity contribution in [1.82, 2.24) is 4.90 Å². The Morgan fingerprint density at radius 3 is 2.47 bits per heavy atom. The van der Waals surface area contributed by atoms with Crippen molar-refractivity contribution >= 4 is 34.5 Å². The molecule has 6 heteroatoms. The zero-order valence-electron chi connectivity index (χ0n) is 10.1. The van der Waals surface area contributed by atoms with Crippen LogP contribution >= 0.6 is 22.6 Å². The van der Waals surface area contributed by atoms with Crippen LogP contribution in [0.4, 0.5) is 4.39 Å². The highest BCUT2D eigenvalue weighted by Gasteiger charge is 2.29. The summed E-state index contributed by atoms with van der Waals surface area (Å²) in [7, 11) is 0. The lowest BCUT2D eigenvalue weighted by atomic mass is 9.96. The number of piperidine rings is 1. The van der Waals surface area contributed by atoms with E-state index in [-0.39, 0.29) is 11.5 Å². The van der Waals surface area contributed by atoms with Gasteiger partial charge in [0.15, 0.2) is 0 Å². The van der Waals surface area contributed by atoms with E-state index < -0.39 is 17.7 Å². The van der Waals surface area contributed by atoms with Crippen LogP contribution in [-0.2, 0) is 4.79 Å². The number of hydrogen-bond acceptors (Lipinski definition) is 2. The number of nitrogens with zero attached hydrogens (tertiary/aromatic N) is 1. The lowest BCUT2D eigenvalue weighted by Gasteiger charge is -2.30. The van der Waals surface area contributed by atoms with E-state index in [2.05, 4.69) is 0 Å². The molecule has 4 nitrogen and oxygen atoms in total. The molecule has 0 spiro atoms. The fraction of sp³-hybridized carbons (Fsp3) is 0.385. The number of carbonyl (C=O) groups excluding carboxylic acids is 1. The molecular weight excluding hydrogens is 364 g/mol. The second kappa shape index (κ2) is 5.85. The molecule has 0 unspecified atom stereocenters. The molecular formula is C13H13FINO3. The van der Waals surface area contributed by atoms with Crippen LogP contribution in [0.25, 0.3) is 0 Å². The Hall–Kier alpha value is -1.18. The summed E-state index contributed by atoms with van der Waals surface area (Å²) in [5, 5.41) is 8.90. The van der Waals surface area contributed by atoms with Gasteiger partial charge in [-0.1, -0.05) is 6.07 Å². The lowest BCUT2D eigenvalue weighted by molar-refractivity contribution is -0.143. The molecule has 1 aliphatic heterocycles. The maximum Gasteiger partial charge on any atom is 0.306 e. The Balaban J connectivity index is 2.12. The molecule has 1 aliphatic rings. The minimum atomic E-state index is -0.826. The molecule has 0 saturated carbocycles. The van der Waals surface area contributed by atoms with Crippen molar-refractivity contribution < 1.29 is 19.1 Å². The fourth-order valence-corrected chi connectivity index (χ4v) is 2.89. The van der Waals surface area contributed by atoms with E-state index in [1.165, 1.54) is 11.0 Å². The number of carbonyl (C=O) groups is 2. The molecule has 0 atom stereocenters. The Morgan fingerprint density at radius 2 is 1.95 bits per heavy atom. The van der Waals surface area contributed by atoms with Crippen molar-refractivity contribution in [1.29, 1.82) is 0 Å². The van der Waals surface area contributed by atoms with Gasteiger partial charge < -0.3 is 10.0 Å². The summed E-state index contributed by atoms with van der Waals surface area (Å²) >= 11 is 1.93. The first-order valence-corrected chi connectivity index (χ1v) is 7.04. The van der Waals surface area contributed by atoms with Crippen molar-refractivity contribution in [3.8, 4) is 0 Å². The van der Waals surface area contributed by atoms with Gasteiger partial charge in [-0.2, -0.15) is 0 Å². The van der Waals surface area contributed by atoms with Crippen LogP contribution in [0.1, 0.15) is 23.2 Å². The van der Waals surface area contributed by atoms with E-state index in [0.29, 0.717) is 29.5 Å². The van der Waals surface area contributed by atoms with Gasteiger partial charge >= 0.3 is 5.97 Å². The number of amides is 1. The van der Waals surface area contributed by atoms with Gasteiger partial charge in [0.1, 0.15) is 5.82 Å². The van der Waals surface area contributed by atoms with Crippen LogP contribution in [0.5, 0.6) is 0 Å². The minimum Gasteiger partial charge on any atom is -0.481 e. The lowest BCUT2D eigenvalue weighted by Crippen LogP contribution is -2.40. The average Bonchev–Trinajstić information content (AvgIpc) is 2.38. The quantitative estimate of drug-likeness (QED) is 0.806. The highest BCUT2D eigenvalue weighted by molar-refractivity contribution is 14.1. The fourth-order valence-electron chi connectivity index (χ4n) is 2.19. The van der Waals surface area contributed by atoms with Gasteiger partial charge in [-0.25, -0.2) is 4.39 Å². The van der Waals surface area contributed by atoms with Gasteiger partial charge in [0.2, 0.25) is 0 Å². The van der Waals surface area contributed by atoms with Crippen LogP contribution in [-0.4, -0.2) is 35.0 Å². The number of halogens is 2. The van der Waals surface area contributed by atoms with Crippen molar-refractivity contribution in [2.75, 3.05) is 13.1 Å². The average molecular weight is 377 g/mol. The minimum absolute atomic E-state index is 0.0804. The van der Waals surface area contributed by atoms with Gasteiger partial charge in [0.25, 0.3) is 5.91 Å². The summed E-state index contributed by atoms with van der Waals surface area (Å²) in [6.45, 7) is 0.723. The van der Waals surface area contributed by atoms with Crippen molar-refractivity contribution in [3.05, 3.63) is 33.1 Å². The normalized spacial score (nSPS) is 16.4. The van der Waals surface area contributed by atoms with E-state index in [0.717, 1.165) is 0 Å². The number of likely N-dealkylation sites (tertiary alicyclic amines) is 1. The predicted molar refractivity (Wildman–Crippen MR) is 75.4 cm³/mol. The Bertz CT molecular complexity index is 492. The molecule has 19 heavy (non-hydrogen) atoms. The topological polar surface area (TPSA) is 57.6 Å². The summed E-state index contributed by atoms with van der Waals surface area (Å²) in [6, 6.07) is 4.50. The van der Waals surface area contributed by atoms with Crippen LogP contribution < -0.4 is 0 Å². The van der Waals surface area contributed by atoms with E-state index in [1.54, 1.807) is 12.1 Å². The Labute approximate surface area is 123 Å². The Morgan fingerprint density at radius 1 is 1.32 bits per heavy atom. The molecule has 1 heterocycles. The first-order valence-electron chi connectivity index (χ1n) is 5.97. The molecule has 1 amide bonds. The summed E-state index contributed by atoms with van der Waals surface area (Å²) in [6.07, 6.45) is 0.845. The zero-order chi connectivity index (χ0) is 14.0. The van der Waals surface area contributed by atoms with E-state index in [1.807, 2.05) is 22.6 Å². The molecule has 1 N–H and O–H groups in total. The highest BCUT2D eigenvalue weighted by Crippen LogP contribution is 2.22. The summed E-state index contributed by atoms with van der Waals surface area (Å²) in [5.74, 6) is -2.11. The van der Waals surface area contributed by atoms with Gasteiger partial charge in [0.05, 0.1) is 11.5 Å². The molecule has 1 fully saturated rings. The van der Waals surface area contributed by atoms with Gasteiger partial charge in [-0.3, -0.25) is 9.59 Å². The first kappa shape index (κ1) is 14.2. The van der Waals surface area contributed by atoms with E-state index in [9.17, 15) is 14.0 Å². The van der Waals surface area contributed by atoms with Crippen LogP contribution in [0.3, 0.4) is 0 Å².